The Morgan fingerprint density at radius 1 is 1.50 bits per heavy atom. The van der Waals surface area contributed by atoms with E-state index in [9.17, 15) is 9.18 Å². The lowest BCUT2D eigenvalue weighted by Crippen LogP contribution is -2.52. The van der Waals surface area contributed by atoms with Crippen molar-refractivity contribution in [2.45, 2.75) is 25.8 Å². The molecule has 1 aromatic carbocycles. The maximum absolute atomic E-state index is 13.3. The minimum Gasteiger partial charge on any atom is -0.491 e. The first kappa shape index (κ1) is 14.8. The van der Waals surface area contributed by atoms with Crippen LogP contribution in [-0.2, 0) is 4.79 Å². The van der Waals surface area contributed by atoms with E-state index in [1.165, 1.54) is 6.07 Å². The molecule has 1 atom stereocenters. The van der Waals surface area contributed by atoms with Crippen molar-refractivity contribution in [1.82, 2.24) is 10.2 Å². The Labute approximate surface area is 118 Å². The van der Waals surface area contributed by atoms with Crippen molar-refractivity contribution >= 4 is 5.91 Å². The summed E-state index contributed by atoms with van der Waals surface area (Å²) in [7, 11) is 0. The number of nitrogens with zero attached hydrogens (tertiary/aromatic N) is 1. The summed E-state index contributed by atoms with van der Waals surface area (Å²) < 4.78 is 18.7. The number of amides is 1. The summed E-state index contributed by atoms with van der Waals surface area (Å²) in [5, 5.41) is 3.25. The van der Waals surface area contributed by atoms with Crippen LogP contribution >= 0.6 is 0 Å². The van der Waals surface area contributed by atoms with Gasteiger partial charge in [0.2, 0.25) is 5.91 Å². The summed E-state index contributed by atoms with van der Waals surface area (Å²) in [5.41, 5.74) is 0. The quantitative estimate of drug-likeness (QED) is 0.836. The molecule has 0 radical (unpaired) electrons. The first-order valence-electron chi connectivity index (χ1n) is 7.06. The van der Waals surface area contributed by atoms with Gasteiger partial charge >= 0.3 is 0 Å². The fraction of sp³-hybridized carbons (Fsp3) is 0.533. The summed E-state index contributed by atoms with van der Waals surface area (Å²) in [6, 6.07) is 6.55. The lowest BCUT2D eigenvalue weighted by Gasteiger charge is -2.34. The number of carbonyl (C=O) groups is 1. The largest absolute Gasteiger partial charge is 0.491 e. The van der Waals surface area contributed by atoms with E-state index in [1.807, 2.05) is 11.8 Å². The minimum absolute atomic E-state index is 0.149. The third-order valence-corrected chi connectivity index (χ3v) is 3.45. The van der Waals surface area contributed by atoms with Gasteiger partial charge in [-0.3, -0.25) is 4.79 Å². The molecule has 1 amide bonds. The highest BCUT2D eigenvalue weighted by Gasteiger charge is 2.22. The number of ether oxygens (including phenoxy) is 1. The molecule has 1 aromatic rings. The van der Waals surface area contributed by atoms with Crippen LogP contribution < -0.4 is 10.1 Å². The molecule has 0 bridgehead atoms. The van der Waals surface area contributed by atoms with E-state index in [2.05, 4.69) is 5.32 Å². The van der Waals surface area contributed by atoms with Crippen LogP contribution in [0.4, 0.5) is 4.39 Å². The van der Waals surface area contributed by atoms with E-state index >= 15 is 0 Å². The van der Waals surface area contributed by atoms with Gasteiger partial charge in [0.05, 0.1) is 6.61 Å². The minimum atomic E-state index is -0.366. The zero-order valence-electron chi connectivity index (χ0n) is 11.8. The normalized spacial score (nSPS) is 18.9. The number of nitrogens with one attached hydrogen (secondary N) is 1. The second kappa shape index (κ2) is 7.24. The van der Waals surface area contributed by atoms with E-state index in [4.69, 9.17) is 4.74 Å². The van der Waals surface area contributed by atoms with Crippen molar-refractivity contribution in [3.8, 4) is 5.75 Å². The molecule has 0 saturated carbocycles. The number of rotatable bonds is 5. The number of carbonyl (C=O) groups excluding carboxylic acids is 1. The average molecular weight is 280 g/mol. The predicted molar refractivity (Wildman–Crippen MR) is 75.2 cm³/mol. The highest BCUT2D eigenvalue weighted by molar-refractivity contribution is 5.76. The fourth-order valence-corrected chi connectivity index (χ4v) is 2.32. The van der Waals surface area contributed by atoms with Gasteiger partial charge in [-0.15, -0.1) is 0 Å². The molecule has 1 heterocycles. The van der Waals surface area contributed by atoms with Gasteiger partial charge in [-0.1, -0.05) is 12.1 Å². The molecule has 1 aliphatic heterocycles. The molecule has 1 aliphatic rings. The number of hydrogen-bond acceptors (Lipinski definition) is 3. The maximum Gasteiger partial charge on any atom is 0.223 e. The summed E-state index contributed by atoms with van der Waals surface area (Å²) in [5.74, 6) is 0.0289. The smallest absolute Gasteiger partial charge is 0.223 e. The van der Waals surface area contributed by atoms with Crippen LogP contribution in [0.25, 0.3) is 0 Å². The SMILES string of the molecule is C[C@@H]1CNCCN1C(=O)CCCOc1ccccc1F. The number of para-hydroxylation sites is 1. The predicted octanol–water partition coefficient (Wildman–Crippen LogP) is 1.80. The van der Waals surface area contributed by atoms with E-state index in [0.29, 0.717) is 19.4 Å². The fourth-order valence-electron chi connectivity index (χ4n) is 2.32. The highest BCUT2D eigenvalue weighted by atomic mass is 19.1. The van der Waals surface area contributed by atoms with Crippen LogP contribution in [0.15, 0.2) is 24.3 Å². The van der Waals surface area contributed by atoms with Gasteiger partial charge in [-0.25, -0.2) is 4.39 Å². The molecule has 0 aromatic heterocycles. The second-order valence-corrected chi connectivity index (χ2v) is 5.02. The van der Waals surface area contributed by atoms with Crippen molar-refractivity contribution in [2.24, 2.45) is 0 Å². The number of hydrogen-bond donors (Lipinski definition) is 1. The molecule has 1 N–H and O–H groups in total. The molecule has 0 spiro atoms. The van der Waals surface area contributed by atoms with Gasteiger partial charge in [-0.05, 0) is 25.5 Å². The van der Waals surface area contributed by atoms with Gasteiger partial charge in [0.25, 0.3) is 0 Å². The zero-order valence-corrected chi connectivity index (χ0v) is 11.8. The van der Waals surface area contributed by atoms with Crippen molar-refractivity contribution in [3.05, 3.63) is 30.1 Å². The second-order valence-electron chi connectivity index (χ2n) is 5.02. The molecular formula is C15H21FN2O2. The lowest BCUT2D eigenvalue weighted by molar-refractivity contribution is -0.134. The third kappa shape index (κ3) is 3.93. The van der Waals surface area contributed by atoms with Crippen molar-refractivity contribution in [3.63, 3.8) is 0 Å². The van der Waals surface area contributed by atoms with E-state index in [-0.39, 0.29) is 23.5 Å². The Balaban J connectivity index is 1.70. The standard InChI is InChI=1S/C15H21FN2O2/c1-12-11-17-8-9-18(12)15(19)7-4-10-20-14-6-3-2-5-13(14)16/h2-3,5-6,12,17H,4,7-11H2,1H3/t12-/m1/s1. The van der Waals surface area contributed by atoms with Crippen LogP contribution in [0.2, 0.25) is 0 Å². The van der Waals surface area contributed by atoms with Crippen molar-refractivity contribution < 1.29 is 13.9 Å². The third-order valence-electron chi connectivity index (χ3n) is 3.45. The Morgan fingerprint density at radius 3 is 3.05 bits per heavy atom. The van der Waals surface area contributed by atoms with E-state index in [0.717, 1.165) is 19.6 Å². The first-order chi connectivity index (χ1) is 9.68. The molecule has 0 aliphatic carbocycles. The topological polar surface area (TPSA) is 41.6 Å². The summed E-state index contributed by atoms with van der Waals surface area (Å²) in [6.45, 7) is 4.85. The highest BCUT2D eigenvalue weighted by Crippen LogP contribution is 2.16. The Bertz CT molecular complexity index is 453. The summed E-state index contributed by atoms with van der Waals surface area (Å²) in [6.07, 6.45) is 1.04. The van der Waals surface area contributed by atoms with E-state index < -0.39 is 0 Å². The van der Waals surface area contributed by atoms with Crippen LogP contribution in [0.1, 0.15) is 19.8 Å². The summed E-state index contributed by atoms with van der Waals surface area (Å²) in [4.78, 5) is 14.0. The maximum atomic E-state index is 13.3. The van der Waals surface area contributed by atoms with Crippen molar-refractivity contribution in [1.29, 1.82) is 0 Å². The van der Waals surface area contributed by atoms with Gasteiger partial charge in [0.1, 0.15) is 0 Å². The van der Waals surface area contributed by atoms with Crippen LogP contribution in [0.3, 0.4) is 0 Å². The molecule has 0 unspecified atom stereocenters. The van der Waals surface area contributed by atoms with Gasteiger partial charge in [0, 0.05) is 32.1 Å². The lowest BCUT2D eigenvalue weighted by atomic mass is 10.2. The Hall–Kier alpha value is -1.62. The van der Waals surface area contributed by atoms with Gasteiger partial charge in [0.15, 0.2) is 11.6 Å². The molecule has 1 saturated heterocycles. The van der Waals surface area contributed by atoms with Crippen LogP contribution in [0, 0.1) is 5.82 Å². The molecule has 2 rings (SSSR count). The molecular weight excluding hydrogens is 259 g/mol. The summed E-state index contributed by atoms with van der Waals surface area (Å²) >= 11 is 0. The van der Waals surface area contributed by atoms with Crippen LogP contribution in [0.5, 0.6) is 5.75 Å². The first-order valence-corrected chi connectivity index (χ1v) is 7.06. The number of halogens is 1. The molecule has 20 heavy (non-hydrogen) atoms. The molecule has 110 valence electrons. The van der Waals surface area contributed by atoms with Gasteiger partial charge in [-0.2, -0.15) is 0 Å². The van der Waals surface area contributed by atoms with Gasteiger partial charge < -0.3 is 15.0 Å². The zero-order chi connectivity index (χ0) is 14.4. The Kier molecular flexibility index (Phi) is 5.35. The number of benzene rings is 1. The molecule has 1 fully saturated rings. The Morgan fingerprint density at radius 2 is 2.30 bits per heavy atom. The molecule has 4 nitrogen and oxygen atoms in total. The average Bonchev–Trinajstić information content (AvgIpc) is 2.45. The van der Waals surface area contributed by atoms with Crippen molar-refractivity contribution in [2.75, 3.05) is 26.2 Å². The number of piperazine rings is 1. The van der Waals surface area contributed by atoms with Crippen LogP contribution in [-0.4, -0.2) is 43.1 Å². The van der Waals surface area contributed by atoms with E-state index in [1.54, 1.807) is 18.2 Å². The molecule has 5 heteroatoms. The monoisotopic (exact) mass is 280 g/mol.